The summed E-state index contributed by atoms with van der Waals surface area (Å²) in [5, 5.41) is 3.30. The first-order valence-electron chi connectivity index (χ1n) is 7.29. The molecule has 0 radical (unpaired) electrons. The highest BCUT2D eigenvalue weighted by molar-refractivity contribution is 9.10. The number of nitrogens with one attached hydrogen (secondary N) is 2. The second-order valence-electron chi connectivity index (χ2n) is 5.14. The van der Waals surface area contributed by atoms with Crippen LogP contribution in [0.15, 0.2) is 27.6 Å². The van der Waals surface area contributed by atoms with Gasteiger partial charge in [-0.25, -0.2) is 13.1 Å². The number of methoxy groups -OCH3 is 1. The van der Waals surface area contributed by atoms with Gasteiger partial charge in [-0.15, -0.1) is 0 Å². The van der Waals surface area contributed by atoms with E-state index in [1.165, 1.54) is 7.11 Å². The summed E-state index contributed by atoms with van der Waals surface area (Å²) < 4.78 is 33.2. The summed E-state index contributed by atoms with van der Waals surface area (Å²) in [6.45, 7) is 5.36. The highest BCUT2D eigenvalue weighted by Crippen LogP contribution is 2.26. The van der Waals surface area contributed by atoms with Crippen LogP contribution in [0.25, 0.3) is 0 Å². The molecule has 1 aliphatic heterocycles. The molecule has 1 saturated heterocycles. The van der Waals surface area contributed by atoms with Crippen molar-refractivity contribution in [1.29, 1.82) is 0 Å². The minimum absolute atomic E-state index is 0.159. The zero-order chi connectivity index (χ0) is 16.0. The zero-order valence-corrected chi connectivity index (χ0v) is 15.0. The number of rotatable bonds is 7. The zero-order valence-electron chi connectivity index (χ0n) is 12.6. The van der Waals surface area contributed by atoms with Gasteiger partial charge < -0.3 is 15.0 Å². The molecule has 0 aromatic heterocycles. The van der Waals surface area contributed by atoms with Gasteiger partial charge in [0.25, 0.3) is 0 Å². The van der Waals surface area contributed by atoms with Crippen molar-refractivity contribution in [1.82, 2.24) is 14.9 Å². The van der Waals surface area contributed by atoms with Crippen LogP contribution in [0.1, 0.15) is 6.42 Å². The van der Waals surface area contributed by atoms with Crippen LogP contribution in [-0.2, 0) is 10.0 Å². The maximum atomic E-state index is 12.4. The molecule has 1 fully saturated rings. The fraction of sp³-hybridized carbons (Fsp3) is 0.571. The van der Waals surface area contributed by atoms with Crippen molar-refractivity contribution < 1.29 is 13.2 Å². The molecule has 1 aliphatic rings. The molecular formula is C14H22BrN3O3S. The van der Waals surface area contributed by atoms with Crippen LogP contribution in [0.2, 0.25) is 0 Å². The molecule has 0 bridgehead atoms. The lowest BCUT2D eigenvalue weighted by molar-refractivity contribution is 0.239. The molecule has 0 aliphatic carbocycles. The molecule has 0 amide bonds. The van der Waals surface area contributed by atoms with Gasteiger partial charge in [0, 0.05) is 37.2 Å². The molecular weight excluding hydrogens is 370 g/mol. The number of nitrogens with zero attached hydrogens (tertiary/aromatic N) is 1. The van der Waals surface area contributed by atoms with Crippen molar-refractivity contribution in [3.05, 3.63) is 22.7 Å². The number of piperazine rings is 1. The average Bonchev–Trinajstić information content (AvgIpc) is 2.52. The maximum absolute atomic E-state index is 12.4. The van der Waals surface area contributed by atoms with Crippen LogP contribution in [-0.4, -0.2) is 59.7 Å². The summed E-state index contributed by atoms with van der Waals surface area (Å²) >= 11 is 3.29. The van der Waals surface area contributed by atoms with Gasteiger partial charge in [0.15, 0.2) is 0 Å². The first-order chi connectivity index (χ1) is 10.5. The van der Waals surface area contributed by atoms with Gasteiger partial charge >= 0.3 is 0 Å². The average molecular weight is 392 g/mol. The molecule has 8 heteroatoms. The summed E-state index contributed by atoms with van der Waals surface area (Å²) in [7, 11) is -2.10. The Bertz CT molecular complexity index is 589. The van der Waals surface area contributed by atoms with E-state index in [1.54, 1.807) is 18.2 Å². The van der Waals surface area contributed by atoms with Gasteiger partial charge in [-0.05, 0) is 31.2 Å². The standard InChI is InChI=1S/C14H22BrN3O3S/c1-21-13-4-3-12(15)11-14(13)22(19,20)17-5-2-8-18-9-6-16-7-10-18/h3-4,11,16-17H,2,5-10H2,1H3. The number of ether oxygens (including phenoxy) is 1. The Morgan fingerprint density at radius 3 is 2.77 bits per heavy atom. The van der Waals surface area contributed by atoms with Crippen LogP contribution in [0, 0.1) is 0 Å². The summed E-state index contributed by atoms with van der Waals surface area (Å²) in [4.78, 5) is 2.50. The van der Waals surface area contributed by atoms with E-state index in [-0.39, 0.29) is 4.90 Å². The normalized spacial score (nSPS) is 16.6. The first kappa shape index (κ1) is 17.7. The summed E-state index contributed by atoms with van der Waals surface area (Å²) in [5.41, 5.74) is 0. The lowest BCUT2D eigenvalue weighted by Crippen LogP contribution is -2.44. The Hall–Kier alpha value is -0.670. The molecule has 0 unspecified atom stereocenters. The van der Waals surface area contributed by atoms with E-state index in [4.69, 9.17) is 4.74 Å². The van der Waals surface area contributed by atoms with E-state index in [9.17, 15) is 8.42 Å². The van der Waals surface area contributed by atoms with Crippen molar-refractivity contribution in [2.75, 3.05) is 46.4 Å². The van der Waals surface area contributed by atoms with Crippen molar-refractivity contribution in [3.63, 3.8) is 0 Å². The number of hydrogen-bond donors (Lipinski definition) is 2. The summed E-state index contributed by atoms with van der Waals surface area (Å²) in [6.07, 6.45) is 0.787. The minimum atomic E-state index is -3.56. The molecule has 0 spiro atoms. The summed E-state index contributed by atoms with van der Waals surface area (Å²) in [5.74, 6) is 0.345. The number of sulfonamides is 1. The van der Waals surface area contributed by atoms with Crippen molar-refractivity contribution in [2.24, 2.45) is 0 Å². The third-order valence-corrected chi connectivity index (χ3v) is 5.54. The third-order valence-electron chi connectivity index (χ3n) is 3.57. The molecule has 0 saturated carbocycles. The monoisotopic (exact) mass is 391 g/mol. The van der Waals surface area contributed by atoms with Crippen molar-refractivity contribution in [2.45, 2.75) is 11.3 Å². The SMILES string of the molecule is COc1ccc(Br)cc1S(=O)(=O)NCCCN1CCNCC1. The Labute approximate surface area is 140 Å². The number of benzene rings is 1. The van der Waals surface area contributed by atoms with E-state index in [2.05, 4.69) is 30.9 Å². The van der Waals surface area contributed by atoms with E-state index >= 15 is 0 Å². The van der Waals surface area contributed by atoms with E-state index in [1.807, 2.05) is 0 Å². The topological polar surface area (TPSA) is 70.7 Å². The van der Waals surface area contributed by atoms with Gasteiger partial charge in [0.05, 0.1) is 7.11 Å². The summed E-state index contributed by atoms with van der Waals surface area (Å²) in [6, 6.07) is 4.94. The molecule has 1 aromatic rings. The second kappa shape index (κ2) is 8.26. The smallest absolute Gasteiger partial charge is 0.244 e. The van der Waals surface area contributed by atoms with Gasteiger partial charge in [0.2, 0.25) is 10.0 Å². The Balaban J connectivity index is 1.89. The maximum Gasteiger partial charge on any atom is 0.244 e. The number of hydrogen-bond acceptors (Lipinski definition) is 5. The molecule has 6 nitrogen and oxygen atoms in total. The van der Waals surface area contributed by atoms with E-state index in [0.29, 0.717) is 16.8 Å². The Morgan fingerprint density at radius 1 is 1.36 bits per heavy atom. The van der Waals surface area contributed by atoms with Gasteiger partial charge in [-0.2, -0.15) is 0 Å². The quantitative estimate of drug-likeness (QED) is 0.679. The molecule has 2 N–H and O–H groups in total. The molecule has 1 heterocycles. The van der Waals surface area contributed by atoms with Gasteiger partial charge in [-0.1, -0.05) is 15.9 Å². The molecule has 2 rings (SSSR count). The van der Waals surface area contributed by atoms with Crippen LogP contribution in [0.5, 0.6) is 5.75 Å². The molecule has 1 aromatic carbocycles. The van der Waals surface area contributed by atoms with Crippen LogP contribution >= 0.6 is 15.9 Å². The van der Waals surface area contributed by atoms with Crippen LogP contribution in [0.3, 0.4) is 0 Å². The lowest BCUT2D eigenvalue weighted by atomic mass is 10.3. The fourth-order valence-corrected chi connectivity index (χ4v) is 4.16. The Kier molecular flexibility index (Phi) is 6.64. The highest BCUT2D eigenvalue weighted by atomic mass is 79.9. The van der Waals surface area contributed by atoms with Crippen molar-refractivity contribution in [3.8, 4) is 5.75 Å². The highest BCUT2D eigenvalue weighted by Gasteiger charge is 2.19. The minimum Gasteiger partial charge on any atom is -0.495 e. The molecule has 22 heavy (non-hydrogen) atoms. The lowest BCUT2D eigenvalue weighted by Gasteiger charge is -2.27. The third kappa shape index (κ3) is 4.92. The molecule has 124 valence electrons. The van der Waals surface area contributed by atoms with E-state index in [0.717, 1.165) is 39.1 Å². The second-order valence-corrected chi connectivity index (χ2v) is 7.79. The van der Waals surface area contributed by atoms with E-state index < -0.39 is 10.0 Å². The Morgan fingerprint density at radius 2 is 2.09 bits per heavy atom. The number of halogens is 1. The first-order valence-corrected chi connectivity index (χ1v) is 9.57. The van der Waals surface area contributed by atoms with Crippen LogP contribution < -0.4 is 14.8 Å². The van der Waals surface area contributed by atoms with Gasteiger partial charge in [-0.3, -0.25) is 0 Å². The van der Waals surface area contributed by atoms with Crippen LogP contribution in [0.4, 0.5) is 0 Å². The van der Waals surface area contributed by atoms with Gasteiger partial charge in [0.1, 0.15) is 10.6 Å². The van der Waals surface area contributed by atoms with Crippen molar-refractivity contribution >= 4 is 26.0 Å². The predicted molar refractivity (Wildman–Crippen MR) is 89.8 cm³/mol. The molecule has 0 atom stereocenters. The largest absolute Gasteiger partial charge is 0.495 e. The predicted octanol–water partition coefficient (Wildman–Crippen LogP) is 1.03. The fourth-order valence-electron chi connectivity index (χ4n) is 2.38.